The van der Waals surface area contributed by atoms with Crippen LogP contribution in [0.5, 0.6) is 5.75 Å². The van der Waals surface area contributed by atoms with Crippen molar-refractivity contribution in [3.05, 3.63) is 70.4 Å². The van der Waals surface area contributed by atoms with Crippen molar-refractivity contribution in [3.63, 3.8) is 0 Å². The van der Waals surface area contributed by atoms with Crippen LogP contribution in [0.15, 0.2) is 48.5 Å². The number of para-hydroxylation sites is 1. The van der Waals surface area contributed by atoms with Gasteiger partial charge < -0.3 is 15.2 Å². The van der Waals surface area contributed by atoms with Crippen LogP contribution in [-0.2, 0) is 16.1 Å². The molecule has 0 spiro atoms. The molecule has 0 atom stereocenters. The Kier molecular flexibility index (Phi) is 6.11. The van der Waals surface area contributed by atoms with Crippen molar-refractivity contribution in [2.24, 2.45) is 0 Å². The Balaban J connectivity index is 1.49. The van der Waals surface area contributed by atoms with Crippen LogP contribution in [0.3, 0.4) is 0 Å². The lowest BCUT2D eigenvalue weighted by Crippen LogP contribution is -2.26. The SMILES string of the molecule is Cc1ccc(C(=O)NCCC(=O)OCc2cc3ccccc3nc2Cl)c(O)c1. The van der Waals surface area contributed by atoms with Crippen LogP contribution >= 0.6 is 11.6 Å². The van der Waals surface area contributed by atoms with Gasteiger partial charge in [-0.15, -0.1) is 0 Å². The third-order valence-electron chi connectivity index (χ3n) is 4.15. The fourth-order valence-electron chi connectivity index (χ4n) is 2.67. The predicted molar refractivity (Wildman–Crippen MR) is 106 cm³/mol. The Labute approximate surface area is 167 Å². The summed E-state index contributed by atoms with van der Waals surface area (Å²) < 4.78 is 5.22. The molecule has 0 aliphatic heterocycles. The first-order valence-corrected chi connectivity index (χ1v) is 9.09. The summed E-state index contributed by atoms with van der Waals surface area (Å²) in [6.07, 6.45) is -0.00298. The Hall–Kier alpha value is -3.12. The van der Waals surface area contributed by atoms with Crippen LogP contribution < -0.4 is 5.32 Å². The molecule has 1 heterocycles. The third kappa shape index (κ3) is 4.78. The molecule has 0 saturated carbocycles. The molecule has 0 radical (unpaired) electrons. The first-order chi connectivity index (χ1) is 13.4. The number of hydrogen-bond acceptors (Lipinski definition) is 5. The number of carbonyl (C=O) groups is 2. The van der Waals surface area contributed by atoms with E-state index in [1.54, 1.807) is 6.07 Å². The lowest BCUT2D eigenvalue weighted by molar-refractivity contribution is -0.144. The maximum atomic E-state index is 12.1. The molecule has 3 aromatic rings. The van der Waals surface area contributed by atoms with E-state index in [-0.39, 0.29) is 36.0 Å². The van der Waals surface area contributed by atoms with Crippen LogP contribution in [-0.4, -0.2) is 28.5 Å². The molecule has 0 fully saturated rings. The van der Waals surface area contributed by atoms with E-state index in [4.69, 9.17) is 16.3 Å². The van der Waals surface area contributed by atoms with E-state index in [1.807, 2.05) is 37.3 Å². The Morgan fingerprint density at radius 2 is 1.96 bits per heavy atom. The van der Waals surface area contributed by atoms with Gasteiger partial charge in [0.25, 0.3) is 5.91 Å². The topological polar surface area (TPSA) is 88.5 Å². The number of esters is 1. The Morgan fingerprint density at radius 3 is 2.75 bits per heavy atom. The minimum absolute atomic E-state index is 0.00218. The molecule has 0 aliphatic rings. The largest absolute Gasteiger partial charge is 0.507 e. The predicted octanol–water partition coefficient (Wildman–Crippen LogP) is 3.77. The second-order valence-electron chi connectivity index (χ2n) is 6.32. The third-order valence-corrected chi connectivity index (χ3v) is 4.48. The number of pyridine rings is 1. The molecule has 7 heteroatoms. The standard InChI is InChI=1S/C21H19ClN2O4/c1-13-6-7-16(18(25)10-13)21(27)23-9-8-19(26)28-12-15-11-14-4-2-3-5-17(14)24-20(15)22/h2-7,10-11,25H,8-9,12H2,1H3,(H,23,27). The van der Waals surface area contributed by atoms with Gasteiger partial charge in [-0.05, 0) is 36.8 Å². The minimum atomic E-state index is -0.474. The molecule has 0 saturated heterocycles. The summed E-state index contributed by atoms with van der Waals surface area (Å²) in [5.41, 5.74) is 2.39. The van der Waals surface area contributed by atoms with Gasteiger partial charge in [0.15, 0.2) is 0 Å². The van der Waals surface area contributed by atoms with Crippen molar-refractivity contribution in [1.82, 2.24) is 10.3 Å². The number of aryl methyl sites for hydroxylation is 1. The maximum Gasteiger partial charge on any atom is 0.307 e. The molecular formula is C21H19ClN2O4. The van der Waals surface area contributed by atoms with Gasteiger partial charge in [0.05, 0.1) is 17.5 Å². The van der Waals surface area contributed by atoms with Crippen LogP contribution in [0.25, 0.3) is 10.9 Å². The Bertz CT molecular complexity index is 1040. The van der Waals surface area contributed by atoms with Crippen molar-refractivity contribution in [2.45, 2.75) is 20.0 Å². The van der Waals surface area contributed by atoms with E-state index >= 15 is 0 Å². The number of rotatable bonds is 6. The fourth-order valence-corrected chi connectivity index (χ4v) is 2.88. The van der Waals surface area contributed by atoms with Crippen molar-refractivity contribution < 1.29 is 19.4 Å². The quantitative estimate of drug-likeness (QED) is 0.487. The van der Waals surface area contributed by atoms with Crippen molar-refractivity contribution >= 4 is 34.4 Å². The van der Waals surface area contributed by atoms with E-state index in [9.17, 15) is 14.7 Å². The molecule has 2 N–H and O–H groups in total. The highest BCUT2D eigenvalue weighted by atomic mass is 35.5. The van der Waals surface area contributed by atoms with Crippen molar-refractivity contribution in [1.29, 1.82) is 0 Å². The number of aromatic nitrogens is 1. The van der Waals surface area contributed by atoms with Gasteiger partial charge in [-0.1, -0.05) is 35.9 Å². The number of amides is 1. The highest BCUT2D eigenvalue weighted by molar-refractivity contribution is 6.30. The summed E-state index contributed by atoms with van der Waals surface area (Å²) >= 11 is 6.14. The van der Waals surface area contributed by atoms with Crippen LogP contribution in [0.2, 0.25) is 5.15 Å². The highest BCUT2D eigenvalue weighted by Crippen LogP contribution is 2.21. The number of hydrogen-bond donors (Lipinski definition) is 2. The number of halogens is 1. The second kappa shape index (κ2) is 8.71. The normalized spacial score (nSPS) is 10.6. The summed E-state index contributed by atoms with van der Waals surface area (Å²) in [7, 11) is 0. The van der Waals surface area contributed by atoms with Crippen molar-refractivity contribution in [2.75, 3.05) is 6.54 Å². The second-order valence-corrected chi connectivity index (χ2v) is 6.68. The van der Waals surface area contributed by atoms with Gasteiger partial charge in [-0.25, -0.2) is 4.98 Å². The zero-order chi connectivity index (χ0) is 20.1. The number of nitrogens with zero attached hydrogens (tertiary/aromatic N) is 1. The van der Waals surface area contributed by atoms with E-state index < -0.39 is 11.9 Å². The summed E-state index contributed by atoms with van der Waals surface area (Å²) in [4.78, 5) is 28.3. The summed E-state index contributed by atoms with van der Waals surface area (Å²) in [6, 6.07) is 14.1. The zero-order valence-electron chi connectivity index (χ0n) is 15.2. The molecule has 0 bridgehead atoms. The average molecular weight is 399 g/mol. The molecular weight excluding hydrogens is 380 g/mol. The molecule has 3 rings (SSSR count). The molecule has 28 heavy (non-hydrogen) atoms. The number of phenols is 1. The van der Waals surface area contributed by atoms with Gasteiger partial charge in [0.2, 0.25) is 0 Å². The fraction of sp³-hybridized carbons (Fsp3) is 0.190. The first kappa shape index (κ1) is 19.6. The molecule has 144 valence electrons. The molecule has 0 aliphatic carbocycles. The molecule has 6 nitrogen and oxygen atoms in total. The number of carbonyl (C=O) groups excluding carboxylic acids is 2. The lowest BCUT2D eigenvalue weighted by atomic mass is 10.1. The maximum absolute atomic E-state index is 12.1. The van der Waals surface area contributed by atoms with E-state index in [1.165, 1.54) is 12.1 Å². The van der Waals surface area contributed by atoms with Gasteiger partial charge in [0, 0.05) is 17.5 Å². The van der Waals surface area contributed by atoms with Gasteiger partial charge in [-0.2, -0.15) is 0 Å². The number of nitrogens with one attached hydrogen (secondary N) is 1. The average Bonchev–Trinajstić information content (AvgIpc) is 2.66. The highest BCUT2D eigenvalue weighted by Gasteiger charge is 2.12. The van der Waals surface area contributed by atoms with Gasteiger partial charge >= 0.3 is 5.97 Å². The number of ether oxygens (including phenoxy) is 1. The first-order valence-electron chi connectivity index (χ1n) is 8.71. The summed E-state index contributed by atoms with van der Waals surface area (Å²) in [5.74, 6) is -1.02. The zero-order valence-corrected chi connectivity index (χ0v) is 16.0. The monoisotopic (exact) mass is 398 g/mol. The van der Waals surface area contributed by atoms with Crippen LogP contribution in [0.1, 0.15) is 27.9 Å². The van der Waals surface area contributed by atoms with E-state index in [2.05, 4.69) is 10.3 Å². The van der Waals surface area contributed by atoms with Crippen LogP contribution in [0.4, 0.5) is 0 Å². The molecule has 1 aromatic heterocycles. The van der Waals surface area contributed by atoms with E-state index in [0.717, 1.165) is 16.5 Å². The number of fused-ring (bicyclic) bond motifs is 1. The minimum Gasteiger partial charge on any atom is -0.507 e. The van der Waals surface area contributed by atoms with Gasteiger partial charge in [-0.3, -0.25) is 9.59 Å². The lowest BCUT2D eigenvalue weighted by Gasteiger charge is -2.09. The number of aromatic hydroxyl groups is 1. The van der Waals surface area contributed by atoms with E-state index in [0.29, 0.717) is 5.56 Å². The smallest absolute Gasteiger partial charge is 0.307 e. The Morgan fingerprint density at radius 1 is 1.18 bits per heavy atom. The number of phenolic OH excluding ortho intramolecular Hbond substituents is 1. The summed E-state index contributed by atoms with van der Waals surface area (Å²) in [6.45, 7) is 1.91. The summed E-state index contributed by atoms with van der Waals surface area (Å²) in [5, 5.41) is 13.6. The van der Waals surface area contributed by atoms with Crippen LogP contribution in [0, 0.1) is 6.92 Å². The molecule has 0 unspecified atom stereocenters. The van der Waals surface area contributed by atoms with Gasteiger partial charge in [0.1, 0.15) is 17.5 Å². The number of benzene rings is 2. The van der Waals surface area contributed by atoms with Crippen molar-refractivity contribution in [3.8, 4) is 5.75 Å². The molecule has 1 amide bonds. The molecule has 2 aromatic carbocycles.